The molecule has 1 aliphatic carbocycles. The summed E-state index contributed by atoms with van der Waals surface area (Å²) in [6.45, 7) is 0.455. The number of thioether (sulfide) groups is 1. The molecule has 5 heteroatoms. The average molecular weight is 310 g/mol. The monoisotopic (exact) mass is 310 g/mol. The van der Waals surface area contributed by atoms with Crippen LogP contribution in [0.2, 0.25) is 0 Å². The lowest BCUT2D eigenvalue weighted by atomic mass is 10.00. The summed E-state index contributed by atoms with van der Waals surface area (Å²) in [5.74, 6) is 0.864. The van der Waals surface area contributed by atoms with Crippen molar-refractivity contribution in [2.24, 2.45) is 11.7 Å². The first-order chi connectivity index (χ1) is 10.1. The number of hydrogen-bond acceptors (Lipinski definition) is 3. The number of halogens is 1. The number of amides is 1. The molecule has 0 unspecified atom stereocenters. The van der Waals surface area contributed by atoms with Crippen LogP contribution in [0.5, 0.6) is 0 Å². The minimum atomic E-state index is -0.231. The van der Waals surface area contributed by atoms with Gasteiger partial charge in [0.05, 0.1) is 0 Å². The molecule has 1 aromatic rings. The van der Waals surface area contributed by atoms with Gasteiger partial charge in [-0.1, -0.05) is 12.5 Å². The Labute approximate surface area is 129 Å². The summed E-state index contributed by atoms with van der Waals surface area (Å²) in [4.78, 5) is 12.0. The van der Waals surface area contributed by atoms with E-state index in [0.29, 0.717) is 18.9 Å². The number of rotatable bonds is 6. The Morgan fingerprint density at radius 3 is 2.90 bits per heavy atom. The predicted octanol–water partition coefficient (Wildman–Crippen LogP) is 2.82. The Morgan fingerprint density at radius 2 is 2.24 bits per heavy atom. The molecule has 1 aliphatic rings. The van der Waals surface area contributed by atoms with Crippen molar-refractivity contribution >= 4 is 17.7 Å². The first-order valence-electron chi connectivity index (χ1n) is 7.38. The Bertz CT molecular complexity index is 495. The van der Waals surface area contributed by atoms with Crippen LogP contribution in [0.15, 0.2) is 18.2 Å². The number of carbonyl (C=O) groups is 1. The molecule has 1 aromatic carbocycles. The quantitative estimate of drug-likeness (QED) is 0.849. The van der Waals surface area contributed by atoms with Crippen molar-refractivity contribution in [3.05, 3.63) is 35.1 Å². The normalized spacial score (nSPS) is 21.5. The van der Waals surface area contributed by atoms with E-state index in [-0.39, 0.29) is 17.8 Å². The molecule has 3 N–H and O–H groups in total. The van der Waals surface area contributed by atoms with E-state index in [1.54, 1.807) is 23.9 Å². The van der Waals surface area contributed by atoms with Gasteiger partial charge >= 0.3 is 0 Å². The van der Waals surface area contributed by atoms with E-state index in [1.807, 2.05) is 6.26 Å². The molecule has 3 nitrogen and oxygen atoms in total. The standard InChI is InChI=1S/C16H23FN2OS/c1-21-10-13-7-14(17)6-5-12(13)9-19-16(20)8-11-3-2-4-15(11)18/h5-7,11,15H,2-4,8-10,18H2,1H3,(H,19,20)/t11-,15+/m0/s1. The van der Waals surface area contributed by atoms with E-state index >= 15 is 0 Å². The molecule has 116 valence electrons. The zero-order valence-electron chi connectivity index (χ0n) is 12.4. The van der Waals surface area contributed by atoms with Crippen LogP contribution in [0.3, 0.4) is 0 Å². The summed E-state index contributed by atoms with van der Waals surface area (Å²) in [6.07, 6.45) is 5.67. The van der Waals surface area contributed by atoms with Crippen LogP contribution in [0.25, 0.3) is 0 Å². The van der Waals surface area contributed by atoms with E-state index < -0.39 is 0 Å². The van der Waals surface area contributed by atoms with Crippen molar-refractivity contribution in [1.29, 1.82) is 0 Å². The molecule has 0 aromatic heterocycles. The molecule has 0 spiro atoms. The second kappa shape index (κ2) is 7.80. The van der Waals surface area contributed by atoms with E-state index in [4.69, 9.17) is 5.73 Å². The highest BCUT2D eigenvalue weighted by Gasteiger charge is 2.25. The Kier molecular flexibility index (Phi) is 6.06. The molecule has 1 saturated carbocycles. The third kappa shape index (κ3) is 4.71. The number of hydrogen-bond donors (Lipinski definition) is 2. The number of benzene rings is 1. The minimum Gasteiger partial charge on any atom is -0.352 e. The van der Waals surface area contributed by atoms with E-state index in [0.717, 1.165) is 36.1 Å². The Morgan fingerprint density at radius 1 is 1.43 bits per heavy atom. The largest absolute Gasteiger partial charge is 0.352 e. The molecular formula is C16H23FN2OS. The van der Waals surface area contributed by atoms with Crippen LogP contribution in [0, 0.1) is 11.7 Å². The van der Waals surface area contributed by atoms with Crippen LogP contribution < -0.4 is 11.1 Å². The van der Waals surface area contributed by atoms with Gasteiger partial charge in [-0.3, -0.25) is 4.79 Å². The first kappa shape index (κ1) is 16.3. The molecule has 0 saturated heterocycles. The predicted molar refractivity (Wildman–Crippen MR) is 85.4 cm³/mol. The van der Waals surface area contributed by atoms with Crippen molar-refractivity contribution in [3.63, 3.8) is 0 Å². The lowest BCUT2D eigenvalue weighted by Crippen LogP contribution is -2.31. The molecule has 0 aliphatic heterocycles. The van der Waals surface area contributed by atoms with Gasteiger partial charge in [0, 0.05) is 24.8 Å². The first-order valence-corrected chi connectivity index (χ1v) is 8.78. The lowest BCUT2D eigenvalue weighted by Gasteiger charge is -2.15. The van der Waals surface area contributed by atoms with E-state index in [2.05, 4.69) is 5.32 Å². The molecule has 2 atom stereocenters. The maximum Gasteiger partial charge on any atom is 0.220 e. The second-order valence-electron chi connectivity index (χ2n) is 5.68. The fourth-order valence-corrected chi connectivity index (χ4v) is 3.46. The Hall–Kier alpha value is -1.07. The molecule has 1 fully saturated rings. The smallest absolute Gasteiger partial charge is 0.220 e. The SMILES string of the molecule is CSCc1cc(F)ccc1CNC(=O)C[C@@H]1CCC[C@H]1N. The summed E-state index contributed by atoms with van der Waals surface area (Å²) in [6, 6.07) is 4.90. The zero-order valence-corrected chi connectivity index (χ0v) is 13.2. The number of carbonyl (C=O) groups excluding carboxylic acids is 1. The molecule has 1 amide bonds. The van der Waals surface area contributed by atoms with Crippen LogP contribution in [0.1, 0.15) is 36.8 Å². The summed E-state index contributed by atoms with van der Waals surface area (Å²) >= 11 is 1.64. The third-order valence-corrected chi connectivity index (χ3v) is 4.71. The van der Waals surface area contributed by atoms with Gasteiger partial charge in [0.25, 0.3) is 0 Å². The molecule has 2 rings (SSSR count). The average Bonchev–Trinajstić information content (AvgIpc) is 2.84. The summed E-state index contributed by atoms with van der Waals surface area (Å²) in [7, 11) is 0. The molecular weight excluding hydrogens is 287 g/mol. The highest BCUT2D eigenvalue weighted by molar-refractivity contribution is 7.97. The van der Waals surface area contributed by atoms with Gasteiger partial charge in [-0.25, -0.2) is 4.39 Å². The van der Waals surface area contributed by atoms with E-state index in [1.165, 1.54) is 6.07 Å². The van der Waals surface area contributed by atoms with Crippen molar-refractivity contribution < 1.29 is 9.18 Å². The zero-order chi connectivity index (χ0) is 15.2. The second-order valence-corrected chi connectivity index (χ2v) is 6.55. The fraction of sp³-hybridized carbons (Fsp3) is 0.562. The van der Waals surface area contributed by atoms with E-state index in [9.17, 15) is 9.18 Å². The summed E-state index contributed by atoms with van der Waals surface area (Å²) in [5, 5.41) is 2.94. The van der Waals surface area contributed by atoms with Crippen molar-refractivity contribution in [1.82, 2.24) is 5.32 Å². The Balaban J connectivity index is 1.88. The third-order valence-electron chi connectivity index (χ3n) is 4.11. The fourth-order valence-electron chi connectivity index (χ4n) is 2.88. The number of nitrogens with one attached hydrogen (secondary N) is 1. The molecule has 21 heavy (non-hydrogen) atoms. The molecule has 0 heterocycles. The van der Waals surface area contributed by atoms with Gasteiger partial charge in [0.2, 0.25) is 5.91 Å². The minimum absolute atomic E-state index is 0.0387. The van der Waals surface area contributed by atoms with Gasteiger partial charge in [0.1, 0.15) is 5.82 Å². The van der Waals surface area contributed by atoms with Crippen molar-refractivity contribution in [2.45, 2.75) is 44.0 Å². The topological polar surface area (TPSA) is 55.1 Å². The van der Waals surface area contributed by atoms with Gasteiger partial charge in [-0.2, -0.15) is 11.8 Å². The van der Waals surface area contributed by atoms with Gasteiger partial charge < -0.3 is 11.1 Å². The van der Waals surface area contributed by atoms with Crippen LogP contribution in [-0.2, 0) is 17.1 Å². The molecule has 0 bridgehead atoms. The summed E-state index contributed by atoms with van der Waals surface area (Å²) in [5.41, 5.74) is 7.92. The highest BCUT2D eigenvalue weighted by Crippen LogP contribution is 2.26. The van der Waals surface area contributed by atoms with Crippen LogP contribution >= 0.6 is 11.8 Å². The summed E-state index contributed by atoms with van der Waals surface area (Å²) < 4.78 is 13.3. The highest BCUT2D eigenvalue weighted by atomic mass is 32.2. The van der Waals surface area contributed by atoms with Gasteiger partial charge in [-0.15, -0.1) is 0 Å². The number of nitrogens with two attached hydrogens (primary N) is 1. The maximum absolute atomic E-state index is 13.3. The lowest BCUT2D eigenvalue weighted by molar-refractivity contribution is -0.122. The molecule has 0 radical (unpaired) electrons. The van der Waals surface area contributed by atoms with Gasteiger partial charge in [-0.05, 0) is 48.3 Å². The van der Waals surface area contributed by atoms with Crippen molar-refractivity contribution in [2.75, 3.05) is 6.26 Å². The maximum atomic E-state index is 13.3. The van der Waals surface area contributed by atoms with Crippen molar-refractivity contribution in [3.8, 4) is 0 Å². The van der Waals surface area contributed by atoms with Crippen LogP contribution in [0.4, 0.5) is 4.39 Å². The van der Waals surface area contributed by atoms with Crippen LogP contribution in [-0.4, -0.2) is 18.2 Å². The van der Waals surface area contributed by atoms with Gasteiger partial charge in [0.15, 0.2) is 0 Å².